The number of aliphatic hydroxyl groups excluding tert-OH is 1. The molecule has 0 bridgehead atoms. The SMILES string of the molecule is C[C@]12CCCCC1C(=CO)C[C@@H]1[C@@H]2CC[C@]2(C)C(=O)CC[C@@H]12. The summed E-state index contributed by atoms with van der Waals surface area (Å²) in [6.45, 7) is 4.73. The first kappa shape index (κ1) is 14.8. The molecular weight excluding hydrogens is 272 g/mol. The first-order valence-electron chi connectivity index (χ1n) is 9.37. The van der Waals surface area contributed by atoms with Gasteiger partial charge >= 0.3 is 0 Å². The number of ketones is 1. The number of rotatable bonds is 0. The van der Waals surface area contributed by atoms with Gasteiger partial charge in [-0.2, -0.15) is 0 Å². The average molecular weight is 302 g/mol. The lowest BCUT2D eigenvalue weighted by atomic mass is 9.44. The summed E-state index contributed by atoms with van der Waals surface area (Å²) in [4.78, 5) is 12.5. The number of hydrogen-bond acceptors (Lipinski definition) is 2. The summed E-state index contributed by atoms with van der Waals surface area (Å²) >= 11 is 0. The number of allylic oxidation sites excluding steroid dienone is 1. The van der Waals surface area contributed by atoms with Crippen molar-refractivity contribution in [3.05, 3.63) is 11.8 Å². The third-order valence-corrected chi connectivity index (χ3v) is 8.33. The van der Waals surface area contributed by atoms with Crippen LogP contribution in [0.1, 0.15) is 71.6 Å². The van der Waals surface area contributed by atoms with E-state index in [2.05, 4.69) is 13.8 Å². The molecule has 2 heteroatoms. The Hall–Kier alpha value is -0.790. The number of hydrogen-bond donors (Lipinski definition) is 1. The summed E-state index contributed by atoms with van der Waals surface area (Å²) < 4.78 is 0. The van der Waals surface area contributed by atoms with Crippen molar-refractivity contribution in [3.8, 4) is 0 Å². The van der Waals surface area contributed by atoms with Crippen LogP contribution in [0.25, 0.3) is 0 Å². The molecule has 4 aliphatic rings. The monoisotopic (exact) mass is 302 g/mol. The molecule has 22 heavy (non-hydrogen) atoms. The molecule has 4 rings (SSSR count). The Labute approximate surface area is 134 Å². The summed E-state index contributed by atoms with van der Waals surface area (Å²) in [5.74, 6) is 3.07. The van der Waals surface area contributed by atoms with Crippen molar-refractivity contribution in [1.82, 2.24) is 0 Å². The van der Waals surface area contributed by atoms with E-state index in [-0.39, 0.29) is 5.41 Å². The fourth-order valence-corrected chi connectivity index (χ4v) is 7.13. The van der Waals surface area contributed by atoms with Crippen LogP contribution in [0.4, 0.5) is 0 Å². The van der Waals surface area contributed by atoms with Crippen LogP contribution in [-0.2, 0) is 4.79 Å². The van der Waals surface area contributed by atoms with Crippen LogP contribution in [-0.4, -0.2) is 10.9 Å². The molecule has 0 spiro atoms. The standard InChI is InChI=1S/C20H30O2/c1-19-9-4-3-5-15(19)13(12-21)11-14-16-6-7-18(22)20(16,2)10-8-17(14)19/h12,14-17,21H,3-11H2,1-2H3/t14-,15?,16-,17-,19-,20-/m0/s1. The second-order valence-corrected chi connectivity index (χ2v) is 9.01. The molecule has 0 aromatic carbocycles. The van der Waals surface area contributed by atoms with E-state index in [1.807, 2.05) is 0 Å². The number of carbonyl (C=O) groups is 1. The van der Waals surface area contributed by atoms with Crippen molar-refractivity contribution >= 4 is 5.78 Å². The molecule has 0 amide bonds. The number of Topliss-reactive ketones (excluding diaryl/α,β-unsaturated/α-hetero) is 1. The van der Waals surface area contributed by atoms with Crippen LogP contribution in [0.3, 0.4) is 0 Å². The van der Waals surface area contributed by atoms with Gasteiger partial charge in [0.25, 0.3) is 0 Å². The minimum Gasteiger partial charge on any atom is -0.516 e. The van der Waals surface area contributed by atoms with Crippen LogP contribution in [0.2, 0.25) is 0 Å². The number of fused-ring (bicyclic) bond motifs is 5. The van der Waals surface area contributed by atoms with Gasteiger partial charge in [0.1, 0.15) is 5.78 Å². The van der Waals surface area contributed by atoms with Crippen LogP contribution in [0.5, 0.6) is 0 Å². The minimum absolute atomic E-state index is 0.0560. The molecule has 0 aliphatic heterocycles. The summed E-state index contributed by atoms with van der Waals surface area (Å²) in [7, 11) is 0. The molecule has 0 saturated heterocycles. The van der Waals surface area contributed by atoms with Gasteiger partial charge in [-0.15, -0.1) is 0 Å². The van der Waals surface area contributed by atoms with Gasteiger partial charge in [-0.3, -0.25) is 4.79 Å². The van der Waals surface area contributed by atoms with Crippen LogP contribution < -0.4 is 0 Å². The van der Waals surface area contributed by atoms with Gasteiger partial charge in [0, 0.05) is 11.8 Å². The zero-order chi connectivity index (χ0) is 15.5. The summed E-state index contributed by atoms with van der Waals surface area (Å²) in [6, 6.07) is 0. The largest absolute Gasteiger partial charge is 0.516 e. The highest BCUT2D eigenvalue weighted by molar-refractivity contribution is 5.87. The Morgan fingerprint density at radius 3 is 2.68 bits per heavy atom. The molecule has 1 N–H and O–H groups in total. The molecule has 0 aromatic heterocycles. The van der Waals surface area contributed by atoms with E-state index in [1.54, 1.807) is 0 Å². The topological polar surface area (TPSA) is 37.3 Å². The van der Waals surface area contributed by atoms with Gasteiger partial charge in [-0.1, -0.05) is 26.7 Å². The highest BCUT2D eigenvalue weighted by Gasteiger charge is 2.60. The minimum atomic E-state index is -0.0560. The number of carbonyl (C=O) groups excluding carboxylic acids is 1. The Kier molecular flexibility index (Phi) is 3.26. The van der Waals surface area contributed by atoms with Crippen LogP contribution in [0.15, 0.2) is 11.8 Å². The van der Waals surface area contributed by atoms with E-state index in [9.17, 15) is 9.90 Å². The molecular formula is C20H30O2. The van der Waals surface area contributed by atoms with Crippen molar-refractivity contribution in [3.63, 3.8) is 0 Å². The fraction of sp³-hybridized carbons (Fsp3) is 0.850. The van der Waals surface area contributed by atoms with E-state index in [4.69, 9.17) is 0 Å². The van der Waals surface area contributed by atoms with Crippen molar-refractivity contribution in [2.75, 3.05) is 0 Å². The van der Waals surface area contributed by atoms with Gasteiger partial charge in [0.15, 0.2) is 0 Å². The maximum Gasteiger partial charge on any atom is 0.139 e. The van der Waals surface area contributed by atoms with E-state index < -0.39 is 0 Å². The second-order valence-electron chi connectivity index (χ2n) is 9.01. The molecule has 122 valence electrons. The molecule has 1 unspecified atom stereocenters. The van der Waals surface area contributed by atoms with E-state index in [0.717, 1.165) is 31.6 Å². The highest BCUT2D eigenvalue weighted by atomic mass is 16.2. The average Bonchev–Trinajstić information content (AvgIpc) is 2.82. The first-order valence-corrected chi connectivity index (χ1v) is 9.37. The maximum atomic E-state index is 12.5. The molecule has 2 nitrogen and oxygen atoms in total. The van der Waals surface area contributed by atoms with Gasteiger partial charge in [-0.05, 0) is 73.2 Å². The third kappa shape index (κ3) is 1.76. The Morgan fingerprint density at radius 2 is 1.91 bits per heavy atom. The Balaban J connectivity index is 1.73. The summed E-state index contributed by atoms with van der Waals surface area (Å²) in [5.41, 5.74) is 1.61. The predicted molar refractivity (Wildman–Crippen MR) is 87.4 cm³/mol. The lowest BCUT2D eigenvalue weighted by Gasteiger charge is -2.60. The molecule has 0 aromatic rings. The van der Waals surface area contributed by atoms with Gasteiger partial charge in [0.05, 0.1) is 6.26 Å². The van der Waals surface area contributed by atoms with Gasteiger partial charge in [-0.25, -0.2) is 0 Å². The summed E-state index contributed by atoms with van der Waals surface area (Å²) in [5, 5.41) is 9.86. The van der Waals surface area contributed by atoms with E-state index >= 15 is 0 Å². The normalized spacial score (nSPS) is 53.0. The maximum absolute atomic E-state index is 12.5. The number of aliphatic hydroxyl groups is 1. The molecule has 6 atom stereocenters. The Morgan fingerprint density at radius 1 is 1.09 bits per heavy atom. The quantitative estimate of drug-likeness (QED) is 0.636. The van der Waals surface area contributed by atoms with Crippen molar-refractivity contribution in [2.45, 2.75) is 71.6 Å². The zero-order valence-corrected chi connectivity index (χ0v) is 14.1. The first-order chi connectivity index (χ1) is 10.5. The third-order valence-electron chi connectivity index (χ3n) is 8.33. The van der Waals surface area contributed by atoms with E-state index in [1.165, 1.54) is 43.9 Å². The van der Waals surface area contributed by atoms with Gasteiger partial charge in [0.2, 0.25) is 0 Å². The highest BCUT2D eigenvalue weighted by Crippen LogP contribution is 2.66. The predicted octanol–water partition coefficient (Wildman–Crippen LogP) is 5.04. The van der Waals surface area contributed by atoms with Crippen LogP contribution >= 0.6 is 0 Å². The lowest BCUT2D eigenvalue weighted by molar-refractivity contribution is -0.135. The molecule has 0 radical (unpaired) electrons. The summed E-state index contributed by atoms with van der Waals surface area (Å²) in [6.07, 6.45) is 11.9. The molecule has 4 saturated carbocycles. The lowest BCUT2D eigenvalue weighted by Crippen LogP contribution is -2.53. The molecule has 4 aliphatic carbocycles. The molecule has 4 fully saturated rings. The van der Waals surface area contributed by atoms with Crippen LogP contribution in [0, 0.1) is 34.5 Å². The zero-order valence-electron chi connectivity index (χ0n) is 14.1. The van der Waals surface area contributed by atoms with Gasteiger partial charge < -0.3 is 5.11 Å². The smallest absolute Gasteiger partial charge is 0.139 e. The second kappa shape index (κ2) is 4.85. The van der Waals surface area contributed by atoms with Crippen molar-refractivity contribution in [2.24, 2.45) is 34.5 Å². The van der Waals surface area contributed by atoms with E-state index in [0.29, 0.717) is 29.0 Å². The van der Waals surface area contributed by atoms with Crippen molar-refractivity contribution < 1.29 is 9.90 Å². The Bertz CT molecular complexity index is 522. The molecule has 0 heterocycles. The fourth-order valence-electron chi connectivity index (χ4n) is 7.13. The van der Waals surface area contributed by atoms with Crippen molar-refractivity contribution in [1.29, 1.82) is 0 Å².